The number of rotatable bonds is 8. The Morgan fingerprint density at radius 3 is 2.55 bits per heavy atom. The Labute approximate surface area is 193 Å². The van der Waals surface area contributed by atoms with E-state index >= 15 is 0 Å². The van der Waals surface area contributed by atoms with Crippen LogP contribution < -0.4 is 26.0 Å². The van der Waals surface area contributed by atoms with Crippen LogP contribution >= 0.6 is 11.3 Å². The first kappa shape index (κ1) is 22.3. The van der Waals surface area contributed by atoms with Gasteiger partial charge in [-0.15, -0.1) is 11.3 Å². The lowest BCUT2D eigenvalue weighted by Crippen LogP contribution is -2.39. The third kappa shape index (κ3) is 4.83. The highest BCUT2D eigenvalue weighted by Gasteiger charge is 2.18. The highest BCUT2D eigenvalue weighted by molar-refractivity contribution is 7.20. The Bertz CT molecular complexity index is 1410. The Morgan fingerprint density at radius 2 is 1.79 bits per heavy atom. The molecule has 4 aromatic rings. The lowest BCUT2D eigenvalue weighted by molar-refractivity contribution is 0.0955. The van der Waals surface area contributed by atoms with Crippen molar-refractivity contribution in [2.45, 2.75) is 13.1 Å². The molecular formula is C24H23N3O5S. The van der Waals surface area contributed by atoms with Crippen molar-refractivity contribution in [3.63, 3.8) is 0 Å². The predicted molar refractivity (Wildman–Crippen MR) is 127 cm³/mol. The lowest BCUT2D eigenvalue weighted by Gasteiger charge is -2.09. The van der Waals surface area contributed by atoms with E-state index in [-0.39, 0.29) is 19.1 Å². The number of methoxy groups -OCH3 is 1. The van der Waals surface area contributed by atoms with Crippen LogP contribution in [0.3, 0.4) is 0 Å². The van der Waals surface area contributed by atoms with Crippen LogP contribution in [0.25, 0.3) is 10.2 Å². The summed E-state index contributed by atoms with van der Waals surface area (Å²) in [5.74, 6) is 1.05. The van der Waals surface area contributed by atoms with Crippen molar-refractivity contribution < 1.29 is 14.3 Å². The van der Waals surface area contributed by atoms with E-state index in [2.05, 4.69) is 5.32 Å². The molecule has 2 aromatic heterocycles. The molecule has 1 amide bonds. The Balaban J connectivity index is 1.53. The van der Waals surface area contributed by atoms with E-state index in [1.165, 1.54) is 10.6 Å². The molecule has 8 nitrogen and oxygen atoms in total. The molecule has 1 N–H and O–H groups in total. The van der Waals surface area contributed by atoms with Gasteiger partial charge >= 0.3 is 5.69 Å². The van der Waals surface area contributed by atoms with E-state index in [0.29, 0.717) is 33.1 Å². The first-order valence-electron chi connectivity index (χ1n) is 10.3. The van der Waals surface area contributed by atoms with Gasteiger partial charge in [0.1, 0.15) is 22.9 Å². The molecule has 33 heavy (non-hydrogen) atoms. The monoisotopic (exact) mass is 465 g/mol. The highest BCUT2D eigenvalue weighted by atomic mass is 32.1. The molecular weight excluding hydrogens is 442 g/mol. The highest BCUT2D eigenvalue weighted by Crippen LogP contribution is 2.22. The van der Waals surface area contributed by atoms with Gasteiger partial charge in [-0.1, -0.05) is 30.3 Å². The molecule has 2 aromatic carbocycles. The number of para-hydroxylation sites is 1. The molecule has 0 spiro atoms. The maximum Gasteiger partial charge on any atom is 0.331 e. The van der Waals surface area contributed by atoms with Crippen LogP contribution in [-0.4, -0.2) is 28.8 Å². The first-order chi connectivity index (χ1) is 16.0. The molecule has 0 fully saturated rings. The van der Waals surface area contributed by atoms with Crippen LogP contribution in [0.15, 0.2) is 70.3 Å². The number of thiophene rings is 1. The van der Waals surface area contributed by atoms with E-state index in [1.54, 1.807) is 26.3 Å². The van der Waals surface area contributed by atoms with Crippen molar-refractivity contribution in [2.24, 2.45) is 7.05 Å². The molecule has 0 saturated carbocycles. The number of carbonyl (C=O) groups is 1. The van der Waals surface area contributed by atoms with Crippen LogP contribution in [-0.2, 0) is 20.1 Å². The third-order valence-electron chi connectivity index (χ3n) is 5.15. The van der Waals surface area contributed by atoms with Crippen molar-refractivity contribution in [1.82, 2.24) is 14.5 Å². The number of amides is 1. The van der Waals surface area contributed by atoms with Gasteiger partial charge in [-0.05, 0) is 35.9 Å². The van der Waals surface area contributed by atoms with Crippen molar-refractivity contribution in [3.05, 3.63) is 91.9 Å². The van der Waals surface area contributed by atoms with Gasteiger partial charge in [-0.25, -0.2) is 4.79 Å². The number of hydrogen-bond donors (Lipinski definition) is 1. The van der Waals surface area contributed by atoms with Crippen molar-refractivity contribution in [3.8, 4) is 11.5 Å². The number of ether oxygens (including phenoxy) is 2. The van der Waals surface area contributed by atoms with Gasteiger partial charge in [0.05, 0.1) is 23.9 Å². The van der Waals surface area contributed by atoms with Gasteiger partial charge in [0.2, 0.25) is 0 Å². The fraction of sp³-hybridized carbons (Fsp3) is 0.208. The quantitative estimate of drug-likeness (QED) is 0.432. The topological polar surface area (TPSA) is 91.6 Å². The van der Waals surface area contributed by atoms with Gasteiger partial charge < -0.3 is 14.8 Å². The predicted octanol–water partition coefficient (Wildman–Crippen LogP) is 2.78. The summed E-state index contributed by atoms with van der Waals surface area (Å²) in [6.07, 6.45) is 0. The summed E-state index contributed by atoms with van der Waals surface area (Å²) in [6.45, 7) is 0.580. The maximum absolute atomic E-state index is 13.0. The summed E-state index contributed by atoms with van der Waals surface area (Å²) in [7, 11) is 3.17. The number of fused-ring (bicyclic) bond motifs is 1. The molecule has 0 saturated heterocycles. The van der Waals surface area contributed by atoms with E-state index < -0.39 is 11.2 Å². The van der Waals surface area contributed by atoms with Crippen LogP contribution in [0.5, 0.6) is 11.5 Å². The second kappa shape index (κ2) is 9.74. The van der Waals surface area contributed by atoms with E-state index in [1.807, 2.05) is 42.5 Å². The number of benzene rings is 2. The summed E-state index contributed by atoms with van der Waals surface area (Å²) < 4.78 is 13.4. The zero-order valence-corrected chi connectivity index (χ0v) is 19.1. The van der Waals surface area contributed by atoms with Crippen molar-refractivity contribution in [1.29, 1.82) is 0 Å². The second-order valence-corrected chi connectivity index (χ2v) is 8.35. The molecule has 9 heteroatoms. The summed E-state index contributed by atoms with van der Waals surface area (Å²) in [4.78, 5) is 39.3. The van der Waals surface area contributed by atoms with Crippen molar-refractivity contribution >= 4 is 27.5 Å². The largest absolute Gasteiger partial charge is 0.497 e. The molecule has 0 bridgehead atoms. The van der Waals surface area contributed by atoms with Crippen LogP contribution in [0.1, 0.15) is 15.2 Å². The van der Waals surface area contributed by atoms with Crippen molar-refractivity contribution in [2.75, 3.05) is 13.7 Å². The zero-order chi connectivity index (χ0) is 23.4. The number of nitrogens with zero attached hydrogens (tertiary/aromatic N) is 2. The summed E-state index contributed by atoms with van der Waals surface area (Å²) in [5, 5.41) is 3.17. The fourth-order valence-corrected chi connectivity index (χ4v) is 4.44. The minimum absolute atomic E-state index is 0.101. The number of hydrogen-bond acceptors (Lipinski definition) is 6. The molecule has 170 valence electrons. The minimum Gasteiger partial charge on any atom is -0.497 e. The fourth-order valence-electron chi connectivity index (χ4n) is 3.42. The van der Waals surface area contributed by atoms with Gasteiger partial charge in [-0.2, -0.15) is 0 Å². The summed E-state index contributed by atoms with van der Waals surface area (Å²) >= 11 is 1.11. The van der Waals surface area contributed by atoms with E-state index in [4.69, 9.17) is 9.47 Å². The SMILES string of the molecule is COc1cccc(CNC(=O)c2cc3c(=O)n(CCOc4ccccc4)c(=O)n(C)c3s2)c1. The third-order valence-corrected chi connectivity index (χ3v) is 6.36. The Morgan fingerprint density at radius 1 is 1.03 bits per heavy atom. The maximum atomic E-state index is 13.0. The van der Waals surface area contributed by atoms with Gasteiger partial charge in [-0.3, -0.25) is 18.7 Å². The van der Waals surface area contributed by atoms with Gasteiger partial charge in [0.25, 0.3) is 11.5 Å². The Kier molecular flexibility index (Phi) is 6.60. The molecule has 2 heterocycles. The number of nitrogens with one attached hydrogen (secondary N) is 1. The molecule has 0 radical (unpaired) electrons. The van der Waals surface area contributed by atoms with Crippen LogP contribution in [0.2, 0.25) is 0 Å². The number of aryl methyl sites for hydroxylation is 1. The molecule has 0 unspecified atom stereocenters. The minimum atomic E-state index is -0.450. The van der Waals surface area contributed by atoms with Crippen LogP contribution in [0, 0.1) is 0 Å². The standard InChI is InChI=1S/C24H23N3O5S/c1-26-23-19(22(29)27(24(26)30)11-12-32-17-8-4-3-5-9-17)14-20(33-23)21(28)25-15-16-7-6-10-18(13-16)31-2/h3-10,13-14H,11-12,15H2,1-2H3,(H,25,28). The van der Waals surface area contributed by atoms with Gasteiger partial charge in [0, 0.05) is 13.6 Å². The molecule has 0 aliphatic heterocycles. The molecule has 4 rings (SSSR count). The normalized spacial score (nSPS) is 10.8. The van der Waals surface area contributed by atoms with E-state index in [9.17, 15) is 14.4 Å². The second-order valence-electron chi connectivity index (χ2n) is 7.32. The number of carbonyl (C=O) groups excluding carboxylic acids is 1. The zero-order valence-electron chi connectivity index (χ0n) is 18.2. The summed E-state index contributed by atoms with van der Waals surface area (Å²) in [5.41, 5.74) is -0.000749. The average molecular weight is 466 g/mol. The number of aromatic nitrogens is 2. The Hall–Kier alpha value is -3.85. The lowest BCUT2D eigenvalue weighted by atomic mass is 10.2. The van der Waals surface area contributed by atoms with Crippen LogP contribution in [0.4, 0.5) is 0 Å². The smallest absolute Gasteiger partial charge is 0.331 e. The molecule has 0 aliphatic rings. The van der Waals surface area contributed by atoms with Gasteiger partial charge in [0.15, 0.2) is 0 Å². The molecule has 0 aliphatic carbocycles. The summed E-state index contributed by atoms with van der Waals surface area (Å²) in [6, 6.07) is 18.1. The van der Waals surface area contributed by atoms with E-state index in [0.717, 1.165) is 21.5 Å². The average Bonchev–Trinajstić information content (AvgIpc) is 3.30. The molecule has 0 atom stereocenters. The first-order valence-corrected chi connectivity index (χ1v) is 11.1.